The molecule has 0 atom stereocenters. The highest BCUT2D eigenvalue weighted by Crippen LogP contribution is 2.07. The summed E-state index contributed by atoms with van der Waals surface area (Å²) in [4.78, 5) is 14.5. The molecule has 10 heavy (non-hydrogen) atoms. The Morgan fingerprint density at radius 1 is 1.70 bits per heavy atom. The minimum Gasteiger partial charge on any atom is -0.397 e. The lowest BCUT2D eigenvalue weighted by molar-refractivity contribution is 0.101. The summed E-state index contributed by atoms with van der Waals surface area (Å²) < 4.78 is 0. The minimum absolute atomic E-state index is 0.0279. The molecular formula is C7H8N2O. The van der Waals surface area contributed by atoms with Gasteiger partial charge < -0.3 is 5.73 Å². The third-order valence-electron chi connectivity index (χ3n) is 1.23. The Hall–Kier alpha value is -1.38. The van der Waals surface area contributed by atoms with Crippen LogP contribution in [0.4, 0.5) is 5.69 Å². The van der Waals surface area contributed by atoms with Gasteiger partial charge in [-0.15, -0.1) is 0 Å². The average Bonchev–Trinajstić information content (AvgIpc) is 1.88. The number of nitrogens with two attached hydrogens (primary N) is 1. The first-order chi connectivity index (χ1) is 4.72. The zero-order chi connectivity index (χ0) is 7.56. The maximum atomic E-state index is 10.8. The SMILES string of the molecule is CC(=O)c1ccncc1N. The second-order valence-corrected chi connectivity index (χ2v) is 2.02. The zero-order valence-corrected chi connectivity index (χ0v) is 5.66. The number of carbonyl (C=O) groups excluding carboxylic acids is 1. The molecule has 1 aromatic rings. The van der Waals surface area contributed by atoms with Crippen molar-refractivity contribution >= 4 is 11.5 Å². The molecule has 0 spiro atoms. The fraction of sp³-hybridized carbons (Fsp3) is 0.143. The Morgan fingerprint density at radius 2 is 2.40 bits per heavy atom. The molecule has 0 aliphatic heterocycles. The molecule has 1 heterocycles. The van der Waals surface area contributed by atoms with E-state index in [1.54, 1.807) is 12.3 Å². The maximum Gasteiger partial charge on any atom is 0.161 e. The van der Waals surface area contributed by atoms with E-state index in [-0.39, 0.29) is 5.78 Å². The predicted molar refractivity (Wildman–Crippen MR) is 38.7 cm³/mol. The summed E-state index contributed by atoms with van der Waals surface area (Å²) >= 11 is 0. The molecule has 0 unspecified atom stereocenters. The lowest BCUT2D eigenvalue weighted by Crippen LogP contribution is -1.99. The third kappa shape index (κ3) is 1.13. The van der Waals surface area contributed by atoms with E-state index in [2.05, 4.69) is 4.98 Å². The molecule has 0 aromatic carbocycles. The van der Waals surface area contributed by atoms with E-state index in [1.165, 1.54) is 13.1 Å². The van der Waals surface area contributed by atoms with E-state index >= 15 is 0 Å². The van der Waals surface area contributed by atoms with Crippen molar-refractivity contribution in [3.63, 3.8) is 0 Å². The number of aromatic nitrogens is 1. The van der Waals surface area contributed by atoms with Crippen LogP contribution >= 0.6 is 0 Å². The standard InChI is InChI=1S/C7H8N2O/c1-5(10)6-2-3-9-4-7(6)8/h2-4H,8H2,1H3. The summed E-state index contributed by atoms with van der Waals surface area (Å²) in [6.45, 7) is 1.48. The third-order valence-corrected chi connectivity index (χ3v) is 1.23. The van der Waals surface area contributed by atoms with Crippen molar-refractivity contribution in [2.24, 2.45) is 0 Å². The first-order valence-electron chi connectivity index (χ1n) is 2.92. The number of nitrogen functional groups attached to an aromatic ring is 1. The second-order valence-electron chi connectivity index (χ2n) is 2.02. The van der Waals surface area contributed by atoms with Crippen LogP contribution in [-0.2, 0) is 0 Å². The first kappa shape index (κ1) is 6.74. The highest BCUT2D eigenvalue weighted by atomic mass is 16.1. The summed E-state index contributed by atoms with van der Waals surface area (Å²) in [6, 6.07) is 1.61. The highest BCUT2D eigenvalue weighted by Gasteiger charge is 2.01. The van der Waals surface area contributed by atoms with Gasteiger partial charge in [0.25, 0.3) is 0 Å². The highest BCUT2D eigenvalue weighted by molar-refractivity contribution is 5.98. The normalized spacial score (nSPS) is 9.30. The van der Waals surface area contributed by atoms with Gasteiger partial charge in [0.1, 0.15) is 0 Å². The second kappa shape index (κ2) is 2.47. The lowest BCUT2D eigenvalue weighted by atomic mass is 10.2. The minimum atomic E-state index is -0.0279. The number of rotatable bonds is 1. The van der Waals surface area contributed by atoms with Gasteiger partial charge in [0.2, 0.25) is 0 Å². The molecule has 2 N–H and O–H groups in total. The Labute approximate surface area is 58.9 Å². The molecule has 0 bridgehead atoms. The molecule has 0 saturated heterocycles. The Kier molecular flexibility index (Phi) is 1.67. The van der Waals surface area contributed by atoms with Crippen LogP contribution in [0.1, 0.15) is 17.3 Å². The Balaban J connectivity index is 3.15. The molecule has 0 aliphatic carbocycles. The molecular weight excluding hydrogens is 128 g/mol. The molecule has 52 valence electrons. The van der Waals surface area contributed by atoms with Crippen LogP contribution in [0.15, 0.2) is 18.5 Å². The molecule has 0 radical (unpaired) electrons. The zero-order valence-electron chi connectivity index (χ0n) is 5.66. The predicted octanol–water partition coefficient (Wildman–Crippen LogP) is 0.866. The summed E-state index contributed by atoms with van der Waals surface area (Å²) in [6.07, 6.45) is 3.02. The first-order valence-corrected chi connectivity index (χ1v) is 2.92. The van der Waals surface area contributed by atoms with Crippen molar-refractivity contribution in [1.82, 2.24) is 4.98 Å². The monoisotopic (exact) mass is 136 g/mol. The van der Waals surface area contributed by atoms with Crippen LogP contribution in [0.25, 0.3) is 0 Å². The number of anilines is 1. The summed E-state index contributed by atoms with van der Waals surface area (Å²) in [5.41, 5.74) is 6.42. The van der Waals surface area contributed by atoms with Crippen molar-refractivity contribution < 1.29 is 4.79 Å². The molecule has 0 amide bonds. The fourth-order valence-electron chi connectivity index (χ4n) is 0.727. The summed E-state index contributed by atoms with van der Waals surface area (Å²) in [5.74, 6) is -0.0279. The van der Waals surface area contributed by atoms with Crippen molar-refractivity contribution in [2.75, 3.05) is 5.73 Å². The quantitative estimate of drug-likeness (QED) is 0.582. The van der Waals surface area contributed by atoms with Crippen molar-refractivity contribution in [1.29, 1.82) is 0 Å². The molecule has 3 heteroatoms. The van der Waals surface area contributed by atoms with Gasteiger partial charge in [0.05, 0.1) is 11.9 Å². The molecule has 1 rings (SSSR count). The maximum absolute atomic E-state index is 10.8. The number of carbonyl (C=O) groups is 1. The van der Waals surface area contributed by atoms with E-state index in [4.69, 9.17) is 5.73 Å². The lowest BCUT2D eigenvalue weighted by Gasteiger charge is -1.97. The van der Waals surface area contributed by atoms with E-state index in [9.17, 15) is 4.79 Å². The largest absolute Gasteiger partial charge is 0.397 e. The molecule has 0 aliphatic rings. The number of ketones is 1. The average molecular weight is 136 g/mol. The van der Waals surface area contributed by atoms with Crippen LogP contribution < -0.4 is 5.73 Å². The summed E-state index contributed by atoms with van der Waals surface area (Å²) in [7, 11) is 0. The van der Waals surface area contributed by atoms with E-state index in [0.717, 1.165) is 0 Å². The van der Waals surface area contributed by atoms with E-state index < -0.39 is 0 Å². The molecule has 0 fully saturated rings. The topological polar surface area (TPSA) is 56.0 Å². The number of hydrogen-bond acceptors (Lipinski definition) is 3. The number of hydrogen-bond donors (Lipinski definition) is 1. The van der Waals surface area contributed by atoms with E-state index in [1.807, 2.05) is 0 Å². The van der Waals surface area contributed by atoms with Crippen LogP contribution in [0, 0.1) is 0 Å². The van der Waals surface area contributed by atoms with Crippen LogP contribution in [-0.4, -0.2) is 10.8 Å². The van der Waals surface area contributed by atoms with Gasteiger partial charge in [0, 0.05) is 11.8 Å². The number of pyridine rings is 1. The Morgan fingerprint density at radius 3 is 2.80 bits per heavy atom. The molecule has 0 saturated carbocycles. The van der Waals surface area contributed by atoms with Crippen molar-refractivity contribution in [3.8, 4) is 0 Å². The number of nitrogens with zero attached hydrogens (tertiary/aromatic N) is 1. The van der Waals surface area contributed by atoms with Gasteiger partial charge in [-0.3, -0.25) is 9.78 Å². The molecule has 1 aromatic heterocycles. The van der Waals surface area contributed by atoms with Gasteiger partial charge in [-0.25, -0.2) is 0 Å². The van der Waals surface area contributed by atoms with Gasteiger partial charge in [0.15, 0.2) is 5.78 Å². The van der Waals surface area contributed by atoms with Gasteiger partial charge in [-0.05, 0) is 13.0 Å². The van der Waals surface area contributed by atoms with Gasteiger partial charge in [-0.1, -0.05) is 0 Å². The van der Waals surface area contributed by atoms with Crippen molar-refractivity contribution in [3.05, 3.63) is 24.0 Å². The van der Waals surface area contributed by atoms with Gasteiger partial charge in [-0.2, -0.15) is 0 Å². The van der Waals surface area contributed by atoms with Crippen LogP contribution in [0.5, 0.6) is 0 Å². The molecule has 3 nitrogen and oxygen atoms in total. The smallest absolute Gasteiger partial charge is 0.161 e. The van der Waals surface area contributed by atoms with Crippen LogP contribution in [0.2, 0.25) is 0 Å². The fourth-order valence-corrected chi connectivity index (χ4v) is 0.727. The van der Waals surface area contributed by atoms with Crippen molar-refractivity contribution in [2.45, 2.75) is 6.92 Å². The van der Waals surface area contributed by atoms with E-state index in [0.29, 0.717) is 11.3 Å². The number of Topliss-reactive ketones (excluding diaryl/α,β-unsaturated/α-hetero) is 1. The summed E-state index contributed by atoms with van der Waals surface area (Å²) in [5, 5.41) is 0. The van der Waals surface area contributed by atoms with Crippen LogP contribution in [0.3, 0.4) is 0 Å². The van der Waals surface area contributed by atoms with Gasteiger partial charge >= 0.3 is 0 Å². The Bertz CT molecular complexity index is 258.